The van der Waals surface area contributed by atoms with Gasteiger partial charge >= 0.3 is 0 Å². The first-order valence-electron chi connectivity index (χ1n) is 5.81. The van der Waals surface area contributed by atoms with Crippen molar-refractivity contribution >= 4 is 22.9 Å². The highest BCUT2D eigenvalue weighted by Gasteiger charge is 2.07. The lowest BCUT2D eigenvalue weighted by atomic mass is 10.0. The second-order valence-corrected chi connectivity index (χ2v) is 5.52. The first-order valence-corrected chi connectivity index (χ1v) is 7.01. The summed E-state index contributed by atoms with van der Waals surface area (Å²) in [5, 5.41) is 8.51. The van der Waals surface area contributed by atoms with Gasteiger partial charge in [-0.3, -0.25) is 0 Å². The molecule has 16 heavy (non-hydrogen) atoms. The second kappa shape index (κ2) is 7.98. The van der Waals surface area contributed by atoms with Crippen LogP contribution in [-0.2, 0) is 11.3 Å². The maximum Gasteiger partial charge on any atom is 0.207 e. The Labute approximate surface area is 106 Å². The molecule has 0 N–H and O–H groups in total. The Hall–Kier alpha value is -0.190. The Kier molecular flexibility index (Phi) is 6.92. The smallest absolute Gasteiger partial charge is 0.207 e. The van der Waals surface area contributed by atoms with Crippen molar-refractivity contribution in [3.05, 3.63) is 9.47 Å². The summed E-state index contributed by atoms with van der Waals surface area (Å²) in [5.74, 6) is 0.670. The van der Waals surface area contributed by atoms with Gasteiger partial charge in [0.2, 0.25) is 4.47 Å². The molecule has 3 nitrogen and oxygen atoms in total. The maximum atomic E-state index is 5.69. The van der Waals surface area contributed by atoms with E-state index in [1.54, 1.807) is 0 Å². The van der Waals surface area contributed by atoms with Crippen molar-refractivity contribution in [1.29, 1.82) is 0 Å². The van der Waals surface area contributed by atoms with Gasteiger partial charge in [0.1, 0.15) is 11.6 Å². The SMILES string of the molecule is CCCCC(CC)COCc1nnc(Cl)s1. The molecule has 1 unspecified atom stereocenters. The van der Waals surface area contributed by atoms with Crippen LogP contribution in [0.15, 0.2) is 0 Å². The van der Waals surface area contributed by atoms with E-state index in [-0.39, 0.29) is 0 Å². The van der Waals surface area contributed by atoms with Crippen LogP contribution in [0, 0.1) is 5.92 Å². The molecule has 1 aromatic heterocycles. The molecule has 0 aliphatic rings. The zero-order valence-electron chi connectivity index (χ0n) is 9.91. The van der Waals surface area contributed by atoms with E-state index in [2.05, 4.69) is 24.0 Å². The number of nitrogens with zero attached hydrogens (tertiary/aromatic N) is 2. The maximum absolute atomic E-state index is 5.69. The molecule has 1 aromatic rings. The lowest BCUT2D eigenvalue weighted by molar-refractivity contribution is 0.0815. The van der Waals surface area contributed by atoms with Gasteiger partial charge in [0.15, 0.2) is 0 Å². The number of halogens is 1. The van der Waals surface area contributed by atoms with Crippen molar-refractivity contribution < 1.29 is 4.74 Å². The minimum Gasteiger partial charge on any atom is -0.374 e. The van der Waals surface area contributed by atoms with Crippen molar-refractivity contribution in [3.8, 4) is 0 Å². The molecule has 0 fully saturated rings. The fourth-order valence-electron chi connectivity index (χ4n) is 1.50. The molecule has 1 heterocycles. The second-order valence-electron chi connectivity index (χ2n) is 3.88. The normalized spacial score (nSPS) is 12.9. The Morgan fingerprint density at radius 3 is 2.75 bits per heavy atom. The summed E-state index contributed by atoms with van der Waals surface area (Å²) in [6, 6.07) is 0. The molecule has 0 amide bonds. The van der Waals surface area contributed by atoms with Gasteiger partial charge in [-0.15, -0.1) is 10.2 Å². The molecule has 0 aliphatic carbocycles. The molecule has 5 heteroatoms. The first kappa shape index (κ1) is 13.9. The zero-order valence-corrected chi connectivity index (χ0v) is 11.5. The van der Waals surface area contributed by atoms with Gasteiger partial charge in [-0.2, -0.15) is 0 Å². The third kappa shape index (κ3) is 5.23. The van der Waals surface area contributed by atoms with Crippen molar-refractivity contribution in [2.24, 2.45) is 5.92 Å². The van der Waals surface area contributed by atoms with Crippen LogP contribution in [0.3, 0.4) is 0 Å². The van der Waals surface area contributed by atoms with Crippen molar-refractivity contribution in [2.75, 3.05) is 6.61 Å². The monoisotopic (exact) mass is 262 g/mol. The van der Waals surface area contributed by atoms with E-state index in [1.165, 1.54) is 37.0 Å². The fourth-order valence-corrected chi connectivity index (χ4v) is 2.31. The quantitative estimate of drug-likeness (QED) is 0.712. The highest BCUT2D eigenvalue weighted by Crippen LogP contribution is 2.17. The number of hydrogen-bond acceptors (Lipinski definition) is 4. The predicted molar refractivity (Wildman–Crippen MR) is 67.9 cm³/mol. The number of aromatic nitrogens is 2. The van der Waals surface area contributed by atoms with Gasteiger partial charge in [-0.05, 0) is 23.9 Å². The van der Waals surface area contributed by atoms with Crippen LogP contribution in [0.25, 0.3) is 0 Å². The van der Waals surface area contributed by atoms with Gasteiger partial charge in [0.05, 0.1) is 0 Å². The molecule has 0 saturated heterocycles. The number of hydrogen-bond donors (Lipinski definition) is 0. The van der Waals surface area contributed by atoms with Crippen LogP contribution in [0.1, 0.15) is 44.5 Å². The Balaban J connectivity index is 2.17. The molecule has 0 aliphatic heterocycles. The average molecular weight is 263 g/mol. The van der Waals surface area contributed by atoms with Gasteiger partial charge in [-0.1, -0.05) is 44.4 Å². The van der Waals surface area contributed by atoms with Gasteiger partial charge in [-0.25, -0.2) is 0 Å². The van der Waals surface area contributed by atoms with Crippen molar-refractivity contribution in [1.82, 2.24) is 10.2 Å². The number of ether oxygens (including phenoxy) is 1. The molecule has 1 atom stereocenters. The van der Waals surface area contributed by atoms with Crippen LogP contribution >= 0.6 is 22.9 Å². The summed E-state index contributed by atoms with van der Waals surface area (Å²) in [7, 11) is 0. The molecule has 0 aromatic carbocycles. The summed E-state index contributed by atoms with van der Waals surface area (Å²) in [6.07, 6.45) is 4.97. The molecule has 1 rings (SSSR count). The van der Waals surface area contributed by atoms with Crippen LogP contribution in [-0.4, -0.2) is 16.8 Å². The summed E-state index contributed by atoms with van der Waals surface area (Å²) in [4.78, 5) is 0. The summed E-state index contributed by atoms with van der Waals surface area (Å²) in [6.45, 7) is 5.78. The predicted octanol–water partition coefficient (Wildman–Crippen LogP) is 3.92. The number of rotatable bonds is 8. The van der Waals surface area contributed by atoms with Crippen molar-refractivity contribution in [3.63, 3.8) is 0 Å². The third-order valence-electron chi connectivity index (χ3n) is 2.56. The van der Waals surface area contributed by atoms with E-state index in [9.17, 15) is 0 Å². The first-order chi connectivity index (χ1) is 7.76. The lowest BCUT2D eigenvalue weighted by Crippen LogP contribution is -2.08. The molecular formula is C11H19ClN2OS. The molecular weight excluding hydrogens is 244 g/mol. The summed E-state index contributed by atoms with van der Waals surface area (Å²) < 4.78 is 6.12. The van der Waals surface area contributed by atoms with Crippen LogP contribution in [0.2, 0.25) is 4.47 Å². The Morgan fingerprint density at radius 1 is 1.38 bits per heavy atom. The van der Waals surface area contributed by atoms with E-state index < -0.39 is 0 Å². The topological polar surface area (TPSA) is 35.0 Å². The summed E-state index contributed by atoms with van der Waals surface area (Å²) >= 11 is 7.07. The minimum absolute atomic E-state index is 0.483. The van der Waals surface area contributed by atoms with E-state index in [0.717, 1.165) is 11.6 Å². The average Bonchev–Trinajstić information content (AvgIpc) is 2.69. The van der Waals surface area contributed by atoms with E-state index >= 15 is 0 Å². The van der Waals surface area contributed by atoms with E-state index in [4.69, 9.17) is 16.3 Å². The molecule has 92 valence electrons. The lowest BCUT2D eigenvalue weighted by Gasteiger charge is -2.13. The minimum atomic E-state index is 0.483. The zero-order chi connectivity index (χ0) is 11.8. The highest BCUT2D eigenvalue weighted by molar-refractivity contribution is 7.15. The highest BCUT2D eigenvalue weighted by atomic mass is 35.5. The van der Waals surface area contributed by atoms with Crippen LogP contribution < -0.4 is 0 Å². The molecule has 0 saturated carbocycles. The summed E-state index contributed by atoms with van der Waals surface area (Å²) in [5.41, 5.74) is 0. The molecule has 0 spiro atoms. The molecule has 0 bridgehead atoms. The number of unbranched alkanes of at least 4 members (excludes halogenated alkanes) is 1. The van der Waals surface area contributed by atoms with Gasteiger partial charge in [0.25, 0.3) is 0 Å². The van der Waals surface area contributed by atoms with E-state index in [0.29, 0.717) is 17.0 Å². The van der Waals surface area contributed by atoms with Crippen LogP contribution in [0.4, 0.5) is 0 Å². The Morgan fingerprint density at radius 2 is 2.19 bits per heavy atom. The van der Waals surface area contributed by atoms with Crippen molar-refractivity contribution in [2.45, 2.75) is 46.1 Å². The van der Waals surface area contributed by atoms with Gasteiger partial charge in [0, 0.05) is 6.61 Å². The standard InChI is InChI=1S/C11H19ClN2OS/c1-3-5-6-9(4-2)7-15-8-10-13-14-11(12)16-10/h9H,3-8H2,1-2H3. The van der Waals surface area contributed by atoms with Crippen LogP contribution in [0.5, 0.6) is 0 Å². The largest absolute Gasteiger partial charge is 0.374 e. The third-order valence-corrected chi connectivity index (χ3v) is 3.56. The van der Waals surface area contributed by atoms with Gasteiger partial charge < -0.3 is 4.74 Å². The van der Waals surface area contributed by atoms with E-state index in [1.807, 2.05) is 0 Å². The molecule has 0 radical (unpaired) electrons. The Bertz CT molecular complexity index is 293. The fraction of sp³-hybridized carbons (Fsp3) is 0.818.